The molecule has 50 heavy (non-hydrogen) atoms. The van der Waals surface area contributed by atoms with Gasteiger partial charge in [-0.05, 0) is 146 Å². The molecular formula is C50H48. The minimum atomic E-state index is 0.195. The van der Waals surface area contributed by atoms with Crippen LogP contribution in [0.25, 0.3) is 32.7 Å². The maximum absolute atomic E-state index is 2.53. The zero-order chi connectivity index (χ0) is 33.7. The molecule has 0 aliphatic heterocycles. The van der Waals surface area contributed by atoms with Crippen LogP contribution in [0.2, 0.25) is 0 Å². The second kappa shape index (κ2) is 12.9. The van der Waals surface area contributed by atoms with Crippen LogP contribution < -0.4 is 0 Å². The summed E-state index contributed by atoms with van der Waals surface area (Å²) in [5.41, 5.74) is 15.1. The van der Waals surface area contributed by atoms with Crippen LogP contribution in [0.3, 0.4) is 0 Å². The number of rotatable bonds is 5. The van der Waals surface area contributed by atoms with Crippen LogP contribution in [-0.4, -0.2) is 0 Å². The van der Waals surface area contributed by atoms with Gasteiger partial charge in [-0.3, -0.25) is 0 Å². The Kier molecular flexibility index (Phi) is 8.07. The van der Waals surface area contributed by atoms with E-state index in [0.717, 1.165) is 32.1 Å². The van der Waals surface area contributed by atoms with Crippen LogP contribution in [0, 0.1) is 5.92 Å². The molecule has 3 unspecified atom stereocenters. The van der Waals surface area contributed by atoms with Gasteiger partial charge in [0.05, 0.1) is 0 Å². The third-order valence-electron chi connectivity index (χ3n) is 12.9. The van der Waals surface area contributed by atoms with Gasteiger partial charge in [0.25, 0.3) is 0 Å². The molecule has 248 valence electrons. The van der Waals surface area contributed by atoms with E-state index in [0.29, 0.717) is 11.8 Å². The van der Waals surface area contributed by atoms with Crippen molar-refractivity contribution in [3.63, 3.8) is 0 Å². The van der Waals surface area contributed by atoms with E-state index >= 15 is 0 Å². The van der Waals surface area contributed by atoms with Gasteiger partial charge in [0.2, 0.25) is 0 Å². The Hall–Kier alpha value is -4.68. The van der Waals surface area contributed by atoms with Crippen LogP contribution in [0.15, 0.2) is 156 Å². The number of hydrogen-bond acceptors (Lipinski definition) is 0. The normalized spacial score (nSPS) is 24.9. The van der Waals surface area contributed by atoms with Crippen molar-refractivity contribution in [2.24, 2.45) is 5.92 Å². The summed E-state index contributed by atoms with van der Waals surface area (Å²) in [5, 5.41) is 5.58. The van der Waals surface area contributed by atoms with Crippen molar-refractivity contribution in [2.75, 3.05) is 0 Å². The van der Waals surface area contributed by atoms with E-state index in [9.17, 15) is 0 Å². The Bertz CT molecular complexity index is 2200. The van der Waals surface area contributed by atoms with Crippen molar-refractivity contribution in [1.29, 1.82) is 0 Å². The summed E-state index contributed by atoms with van der Waals surface area (Å²) in [5.74, 6) is 0.936. The SMILES string of the molecule is CC1CC=CCC1(C)c1ccc(C2=CC=CCC2c2c3ccccc3c(C3=CC=C(C4=CC5=C(C=CCC5)CC4)CC3)c3ccccc23)cc1. The van der Waals surface area contributed by atoms with E-state index in [4.69, 9.17) is 0 Å². The summed E-state index contributed by atoms with van der Waals surface area (Å²) in [6, 6.07) is 28.2. The number of allylic oxidation sites excluding steroid dienone is 16. The second-order valence-electron chi connectivity index (χ2n) is 15.6. The summed E-state index contributed by atoms with van der Waals surface area (Å²) in [6.45, 7) is 4.87. The highest BCUT2D eigenvalue weighted by Gasteiger charge is 2.34. The van der Waals surface area contributed by atoms with E-state index in [1.54, 1.807) is 22.3 Å². The largest absolute Gasteiger partial charge is 0.0882 e. The highest BCUT2D eigenvalue weighted by atomic mass is 14.4. The monoisotopic (exact) mass is 648 g/mol. The average Bonchev–Trinajstić information content (AvgIpc) is 3.18. The smallest absolute Gasteiger partial charge is 0.0142 e. The fourth-order valence-corrected chi connectivity index (χ4v) is 9.68. The third kappa shape index (κ3) is 5.36. The zero-order valence-electron chi connectivity index (χ0n) is 29.7. The number of benzene rings is 4. The Labute approximate surface area is 298 Å². The summed E-state index contributed by atoms with van der Waals surface area (Å²) < 4.78 is 0. The topological polar surface area (TPSA) is 0 Å². The molecule has 9 rings (SSSR count). The number of hydrogen-bond donors (Lipinski definition) is 0. The van der Waals surface area contributed by atoms with Crippen molar-refractivity contribution >= 4 is 32.7 Å². The maximum atomic E-state index is 2.53. The molecule has 0 spiro atoms. The Morgan fingerprint density at radius 1 is 0.600 bits per heavy atom. The van der Waals surface area contributed by atoms with Crippen LogP contribution in [0.5, 0.6) is 0 Å². The first kappa shape index (κ1) is 31.3. The molecule has 5 aliphatic rings. The number of fused-ring (bicyclic) bond motifs is 2. The van der Waals surface area contributed by atoms with Gasteiger partial charge in [-0.15, -0.1) is 0 Å². The third-order valence-corrected chi connectivity index (χ3v) is 12.9. The Morgan fingerprint density at radius 3 is 2.02 bits per heavy atom. The van der Waals surface area contributed by atoms with Gasteiger partial charge in [-0.1, -0.05) is 147 Å². The fraction of sp³-hybridized carbons (Fsp3) is 0.280. The highest BCUT2D eigenvalue weighted by molar-refractivity contribution is 6.13. The van der Waals surface area contributed by atoms with E-state index in [1.807, 2.05) is 0 Å². The molecule has 0 saturated heterocycles. The molecule has 0 bridgehead atoms. The molecule has 0 amide bonds. The Morgan fingerprint density at radius 2 is 1.30 bits per heavy atom. The standard InChI is InChI=1S/C50H48/c1-34-13-11-12-32-50(34,2)41-30-28-37(29-31-41)42-16-5-6-17-43(42)49-46-20-9-7-18-44(46)48(45-19-8-10-21-47(45)49)38-25-22-36(23-26-38)40-27-24-35-14-3-4-15-39(35)33-40/h3,5-12,14,16,18-22,25,28-31,33-34,43H,4,13,15,17,23-24,26-27,32H2,1-2H3. The lowest BCUT2D eigenvalue weighted by Crippen LogP contribution is -2.31. The van der Waals surface area contributed by atoms with E-state index in [2.05, 4.69) is 147 Å². The first-order chi connectivity index (χ1) is 24.6. The molecule has 5 aliphatic carbocycles. The van der Waals surface area contributed by atoms with Gasteiger partial charge < -0.3 is 0 Å². The Balaban J connectivity index is 1.12. The van der Waals surface area contributed by atoms with Crippen molar-refractivity contribution in [3.8, 4) is 0 Å². The molecule has 4 aromatic rings. The summed E-state index contributed by atoms with van der Waals surface area (Å²) >= 11 is 0. The zero-order valence-corrected chi connectivity index (χ0v) is 29.7. The van der Waals surface area contributed by atoms with Crippen molar-refractivity contribution in [3.05, 3.63) is 178 Å². The maximum Gasteiger partial charge on any atom is 0.0142 e. The van der Waals surface area contributed by atoms with Crippen molar-refractivity contribution < 1.29 is 0 Å². The van der Waals surface area contributed by atoms with Gasteiger partial charge >= 0.3 is 0 Å². The summed E-state index contributed by atoms with van der Waals surface area (Å²) in [4.78, 5) is 0. The second-order valence-corrected chi connectivity index (χ2v) is 15.6. The molecule has 0 heteroatoms. The lowest BCUT2D eigenvalue weighted by atomic mass is 9.66. The van der Waals surface area contributed by atoms with Gasteiger partial charge in [0.1, 0.15) is 0 Å². The van der Waals surface area contributed by atoms with Crippen molar-refractivity contribution in [2.45, 2.75) is 83.0 Å². The molecule has 4 aromatic carbocycles. The van der Waals surface area contributed by atoms with E-state index in [-0.39, 0.29) is 5.41 Å². The minimum Gasteiger partial charge on any atom is -0.0882 e. The lowest BCUT2D eigenvalue weighted by molar-refractivity contribution is 0.306. The first-order valence-corrected chi connectivity index (χ1v) is 19.1. The van der Waals surface area contributed by atoms with Crippen LogP contribution in [0.1, 0.15) is 99.8 Å². The summed E-state index contributed by atoms with van der Waals surface area (Å²) in [6.07, 6.45) is 34.2. The quantitative estimate of drug-likeness (QED) is 0.149. The molecule has 0 nitrogen and oxygen atoms in total. The predicted octanol–water partition coefficient (Wildman–Crippen LogP) is 13.8. The average molecular weight is 649 g/mol. The molecule has 3 atom stereocenters. The molecule has 0 fully saturated rings. The molecule has 0 aromatic heterocycles. The fourth-order valence-electron chi connectivity index (χ4n) is 9.68. The molecule has 0 radical (unpaired) electrons. The molecular weight excluding hydrogens is 601 g/mol. The molecule has 0 heterocycles. The summed E-state index contributed by atoms with van der Waals surface area (Å²) in [7, 11) is 0. The van der Waals surface area contributed by atoms with Gasteiger partial charge in [-0.25, -0.2) is 0 Å². The van der Waals surface area contributed by atoms with Crippen LogP contribution in [-0.2, 0) is 5.41 Å². The van der Waals surface area contributed by atoms with Gasteiger partial charge in [0.15, 0.2) is 0 Å². The molecule has 0 saturated carbocycles. The van der Waals surface area contributed by atoms with Crippen LogP contribution >= 0.6 is 0 Å². The van der Waals surface area contributed by atoms with Crippen LogP contribution in [0.4, 0.5) is 0 Å². The highest BCUT2D eigenvalue weighted by Crippen LogP contribution is 2.49. The first-order valence-electron chi connectivity index (χ1n) is 19.1. The van der Waals surface area contributed by atoms with Gasteiger partial charge in [-0.2, -0.15) is 0 Å². The minimum absolute atomic E-state index is 0.195. The lowest BCUT2D eigenvalue weighted by Gasteiger charge is -2.38. The van der Waals surface area contributed by atoms with Gasteiger partial charge in [0, 0.05) is 5.92 Å². The van der Waals surface area contributed by atoms with Crippen molar-refractivity contribution in [1.82, 2.24) is 0 Å². The van der Waals surface area contributed by atoms with E-state index in [1.165, 1.54) is 80.6 Å². The predicted molar refractivity (Wildman–Crippen MR) is 215 cm³/mol. The molecule has 0 N–H and O–H groups in total. The van der Waals surface area contributed by atoms with E-state index < -0.39 is 0 Å².